The molecule has 0 spiro atoms. The van der Waals surface area contributed by atoms with Crippen LogP contribution in [0.25, 0.3) is 0 Å². The van der Waals surface area contributed by atoms with Crippen molar-refractivity contribution in [3.8, 4) is 5.75 Å². The Hall–Kier alpha value is -3.28. The number of benzene rings is 2. The van der Waals surface area contributed by atoms with Gasteiger partial charge in [0.15, 0.2) is 0 Å². The molecule has 0 aromatic heterocycles. The molecule has 0 bridgehead atoms. The van der Waals surface area contributed by atoms with Gasteiger partial charge in [-0.1, -0.05) is 6.07 Å². The Kier molecular flexibility index (Phi) is 6.45. The smallest absolute Gasteiger partial charge is 0.255 e. The highest BCUT2D eigenvalue weighted by atomic mass is 32.2. The molecule has 2 aromatic rings. The number of hydrogen-bond donors (Lipinski definition) is 1. The van der Waals surface area contributed by atoms with Crippen molar-refractivity contribution in [2.75, 3.05) is 43.6 Å². The molecule has 2 saturated heterocycles. The van der Waals surface area contributed by atoms with Crippen molar-refractivity contribution in [2.45, 2.75) is 17.7 Å². The molecule has 2 heterocycles. The minimum absolute atomic E-state index is 0.0162. The quantitative estimate of drug-likeness (QED) is 0.633. The van der Waals surface area contributed by atoms with Crippen molar-refractivity contribution in [2.24, 2.45) is 0 Å². The highest BCUT2D eigenvalue weighted by Crippen LogP contribution is 2.30. The molecule has 33 heavy (non-hydrogen) atoms. The lowest BCUT2D eigenvalue weighted by atomic mass is 10.1. The average Bonchev–Trinajstić information content (AvgIpc) is 3.17. The number of morpholine rings is 1. The van der Waals surface area contributed by atoms with E-state index >= 15 is 0 Å². The van der Waals surface area contributed by atoms with Gasteiger partial charge in [0.2, 0.25) is 21.8 Å². The summed E-state index contributed by atoms with van der Waals surface area (Å²) in [4.78, 5) is 38.1. The molecule has 0 unspecified atom stereocenters. The van der Waals surface area contributed by atoms with Crippen molar-refractivity contribution < 1.29 is 32.3 Å². The Morgan fingerprint density at radius 1 is 1.03 bits per heavy atom. The van der Waals surface area contributed by atoms with Crippen LogP contribution < -0.4 is 15.0 Å². The van der Waals surface area contributed by atoms with Crippen LogP contribution in [0.3, 0.4) is 0 Å². The van der Waals surface area contributed by atoms with E-state index in [-0.39, 0.29) is 59.6 Å². The number of carbonyl (C=O) groups is 3. The second kappa shape index (κ2) is 9.30. The molecule has 2 aliphatic heterocycles. The van der Waals surface area contributed by atoms with Crippen LogP contribution in [0.5, 0.6) is 5.75 Å². The number of ether oxygens (including phenoxy) is 2. The van der Waals surface area contributed by atoms with Gasteiger partial charge in [-0.2, -0.15) is 4.31 Å². The van der Waals surface area contributed by atoms with Crippen molar-refractivity contribution in [1.29, 1.82) is 0 Å². The number of hydrogen-bond acceptors (Lipinski definition) is 7. The number of anilines is 2. The molecule has 0 saturated carbocycles. The minimum Gasteiger partial charge on any atom is -0.495 e. The minimum atomic E-state index is -3.78. The van der Waals surface area contributed by atoms with E-state index in [4.69, 9.17) is 9.47 Å². The van der Waals surface area contributed by atoms with E-state index < -0.39 is 15.9 Å². The highest BCUT2D eigenvalue weighted by molar-refractivity contribution is 7.89. The molecule has 1 N–H and O–H groups in total. The number of amides is 3. The molecule has 4 rings (SSSR count). The Morgan fingerprint density at radius 3 is 2.39 bits per heavy atom. The fourth-order valence-corrected chi connectivity index (χ4v) is 5.16. The van der Waals surface area contributed by atoms with Crippen LogP contribution >= 0.6 is 0 Å². The van der Waals surface area contributed by atoms with Gasteiger partial charge in [-0.3, -0.25) is 19.3 Å². The third-order valence-corrected chi connectivity index (χ3v) is 7.34. The van der Waals surface area contributed by atoms with E-state index in [0.717, 1.165) is 4.90 Å². The van der Waals surface area contributed by atoms with Gasteiger partial charge in [0.25, 0.3) is 5.91 Å². The summed E-state index contributed by atoms with van der Waals surface area (Å²) in [5, 5.41) is 2.67. The molecule has 11 heteroatoms. The molecule has 2 aliphatic rings. The summed E-state index contributed by atoms with van der Waals surface area (Å²) < 4.78 is 37.8. The first-order chi connectivity index (χ1) is 15.8. The maximum absolute atomic E-state index is 13.0. The molecule has 2 aromatic carbocycles. The van der Waals surface area contributed by atoms with Gasteiger partial charge in [0.1, 0.15) is 5.75 Å². The number of nitrogens with zero attached hydrogens (tertiary/aromatic N) is 2. The van der Waals surface area contributed by atoms with E-state index in [9.17, 15) is 22.8 Å². The van der Waals surface area contributed by atoms with Crippen molar-refractivity contribution >= 4 is 39.1 Å². The normalized spacial score (nSPS) is 17.3. The Balaban J connectivity index is 1.60. The molecule has 0 radical (unpaired) electrons. The summed E-state index contributed by atoms with van der Waals surface area (Å²) in [6.45, 7) is 1.13. The summed E-state index contributed by atoms with van der Waals surface area (Å²) >= 11 is 0. The number of carbonyl (C=O) groups excluding carboxylic acids is 3. The molecule has 3 amide bonds. The SMILES string of the molecule is COc1ccc(S(=O)(=O)N2CCOCC2)cc1NC(=O)c1cccc(N2C(=O)CCC2=O)c1. The summed E-state index contributed by atoms with van der Waals surface area (Å²) in [6.07, 6.45) is 0.272. The fraction of sp³-hybridized carbons (Fsp3) is 0.318. The van der Waals surface area contributed by atoms with Crippen LogP contribution in [0.4, 0.5) is 11.4 Å². The van der Waals surface area contributed by atoms with Crippen LogP contribution in [0, 0.1) is 0 Å². The molecule has 174 valence electrons. The number of rotatable bonds is 6. The Bertz CT molecular complexity index is 1190. The highest BCUT2D eigenvalue weighted by Gasteiger charge is 2.31. The zero-order valence-electron chi connectivity index (χ0n) is 17.9. The molecular formula is C22H23N3O7S. The third kappa shape index (κ3) is 4.61. The number of methoxy groups -OCH3 is 1. The standard InChI is InChI=1S/C22H23N3O7S/c1-31-19-6-5-17(33(29,30)24-9-11-32-12-10-24)14-18(19)23-22(28)15-3-2-4-16(13-15)25-20(26)7-8-21(25)27/h2-6,13-14H,7-12H2,1H3,(H,23,28). The number of sulfonamides is 1. The zero-order valence-corrected chi connectivity index (χ0v) is 18.8. The predicted molar refractivity (Wildman–Crippen MR) is 119 cm³/mol. The molecule has 0 atom stereocenters. The van der Waals surface area contributed by atoms with Gasteiger partial charge >= 0.3 is 0 Å². The average molecular weight is 474 g/mol. The molecular weight excluding hydrogens is 450 g/mol. The van der Waals surface area contributed by atoms with E-state index in [1.165, 1.54) is 41.7 Å². The maximum Gasteiger partial charge on any atom is 0.255 e. The van der Waals surface area contributed by atoms with Gasteiger partial charge in [0, 0.05) is 31.5 Å². The largest absolute Gasteiger partial charge is 0.495 e. The van der Waals surface area contributed by atoms with Crippen LogP contribution in [-0.4, -0.2) is 63.9 Å². The van der Waals surface area contributed by atoms with Crippen molar-refractivity contribution in [3.63, 3.8) is 0 Å². The van der Waals surface area contributed by atoms with Crippen LogP contribution in [0.1, 0.15) is 23.2 Å². The molecule has 2 fully saturated rings. The van der Waals surface area contributed by atoms with Gasteiger partial charge in [-0.25, -0.2) is 8.42 Å². The first-order valence-corrected chi connectivity index (χ1v) is 11.8. The summed E-state index contributed by atoms with van der Waals surface area (Å²) in [6, 6.07) is 10.4. The lowest BCUT2D eigenvalue weighted by Gasteiger charge is -2.26. The third-order valence-electron chi connectivity index (χ3n) is 5.45. The summed E-state index contributed by atoms with van der Waals surface area (Å²) in [7, 11) is -2.37. The van der Waals surface area contributed by atoms with Crippen LogP contribution in [0.2, 0.25) is 0 Å². The van der Waals surface area contributed by atoms with Gasteiger partial charge < -0.3 is 14.8 Å². The zero-order chi connectivity index (χ0) is 23.6. The van der Waals surface area contributed by atoms with E-state index in [1.807, 2.05) is 0 Å². The second-order valence-electron chi connectivity index (χ2n) is 7.51. The predicted octanol–water partition coefficient (Wildman–Crippen LogP) is 1.62. The lowest BCUT2D eigenvalue weighted by Crippen LogP contribution is -2.40. The Labute approximate surface area is 191 Å². The van der Waals surface area contributed by atoms with Crippen molar-refractivity contribution in [1.82, 2.24) is 4.31 Å². The van der Waals surface area contributed by atoms with Crippen LogP contribution in [0.15, 0.2) is 47.4 Å². The topological polar surface area (TPSA) is 122 Å². The summed E-state index contributed by atoms with van der Waals surface area (Å²) in [5.74, 6) is -0.902. The van der Waals surface area contributed by atoms with Crippen molar-refractivity contribution in [3.05, 3.63) is 48.0 Å². The van der Waals surface area contributed by atoms with E-state index in [2.05, 4.69) is 5.32 Å². The first-order valence-electron chi connectivity index (χ1n) is 10.3. The molecule has 10 nitrogen and oxygen atoms in total. The maximum atomic E-state index is 13.0. The van der Waals surface area contributed by atoms with E-state index in [1.54, 1.807) is 12.1 Å². The summed E-state index contributed by atoms with van der Waals surface area (Å²) in [5.41, 5.74) is 0.685. The van der Waals surface area contributed by atoms with E-state index in [0.29, 0.717) is 18.9 Å². The number of imide groups is 1. The lowest BCUT2D eigenvalue weighted by molar-refractivity contribution is -0.121. The van der Waals surface area contributed by atoms with Gasteiger partial charge in [-0.05, 0) is 36.4 Å². The second-order valence-corrected chi connectivity index (χ2v) is 9.44. The fourth-order valence-electron chi connectivity index (χ4n) is 3.73. The first kappa shape index (κ1) is 22.9. The van der Waals surface area contributed by atoms with Crippen LogP contribution in [-0.2, 0) is 24.3 Å². The van der Waals surface area contributed by atoms with Gasteiger partial charge in [0.05, 0.1) is 36.6 Å². The molecule has 0 aliphatic carbocycles. The Morgan fingerprint density at radius 2 is 1.73 bits per heavy atom. The van der Waals surface area contributed by atoms with Gasteiger partial charge in [-0.15, -0.1) is 0 Å². The number of nitrogens with one attached hydrogen (secondary N) is 1. The monoisotopic (exact) mass is 473 g/mol.